The summed E-state index contributed by atoms with van der Waals surface area (Å²) in [5.41, 5.74) is -1.49. The Bertz CT molecular complexity index is 773. The topological polar surface area (TPSA) is 54.0 Å². The van der Waals surface area contributed by atoms with Crippen molar-refractivity contribution in [3.63, 3.8) is 0 Å². The van der Waals surface area contributed by atoms with Crippen molar-refractivity contribution in [2.24, 2.45) is 0 Å². The zero-order valence-electron chi connectivity index (χ0n) is 15.3. The average molecular weight is 354 g/mol. The second-order valence-electron chi connectivity index (χ2n) is 5.37. The third kappa shape index (κ3) is 4.20. The van der Waals surface area contributed by atoms with Gasteiger partial charge in [0, 0.05) is 6.42 Å². The SMILES string of the molecule is CCCC#CCOC1(C#CCOc2ccccc2)C(=O)C(OC)=C1OC. The minimum absolute atomic E-state index is 0.0732. The molecule has 0 saturated heterocycles. The lowest BCUT2D eigenvalue weighted by Gasteiger charge is -2.36. The Balaban J connectivity index is 2.12. The number of hydrogen-bond donors (Lipinski definition) is 0. The lowest BCUT2D eigenvalue weighted by Crippen LogP contribution is -2.53. The fourth-order valence-corrected chi connectivity index (χ4v) is 2.37. The Hall–Kier alpha value is -2.89. The number of methoxy groups -OCH3 is 2. The third-order valence-corrected chi connectivity index (χ3v) is 3.64. The van der Waals surface area contributed by atoms with Gasteiger partial charge in [0.15, 0.2) is 5.76 Å². The molecule has 1 aromatic rings. The lowest BCUT2D eigenvalue weighted by molar-refractivity contribution is -0.143. The summed E-state index contributed by atoms with van der Waals surface area (Å²) >= 11 is 0. The third-order valence-electron chi connectivity index (χ3n) is 3.64. The van der Waals surface area contributed by atoms with Crippen molar-refractivity contribution in [1.29, 1.82) is 0 Å². The number of hydrogen-bond acceptors (Lipinski definition) is 5. The minimum atomic E-state index is -1.49. The van der Waals surface area contributed by atoms with Gasteiger partial charge in [-0.05, 0) is 24.5 Å². The van der Waals surface area contributed by atoms with Crippen LogP contribution in [0.4, 0.5) is 0 Å². The number of rotatable bonds is 7. The van der Waals surface area contributed by atoms with E-state index < -0.39 is 5.60 Å². The van der Waals surface area contributed by atoms with Crippen molar-refractivity contribution in [2.45, 2.75) is 25.4 Å². The van der Waals surface area contributed by atoms with E-state index in [1.807, 2.05) is 37.3 Å². The lowest BCUT2D eigenvalue weighted by atomic mass is 9.83. The first kappa shape index (κ1) is 19.4. The standard InChI is InChI=1S/C21H22O5/c1-4-5-6-10-16-26-21(19(22)18(23-2)20(21)24-3)14-11-15-25-17-12-8-7-9-13-17/h7-9,12-13H,4-5,15-16H2,1-3H3. The molecule has 136 valence electrons. The van der Waals surface area contributed by atoms with Gasteiger partial charge in [0.25, 0.3) is 11.4 Å². The van der Waals surface area contributed by atoms with Crippen LogP contribution in [0.15, 0.2) is 41.9 Å². The zero-order valence-corrected chi connectivity index (χ0v) is 15.3. The van der Waals surface area contributed by atoms with E-state index in [9.17, 15) is 4.79 Å². The van der Waals surface area contributed by atoms with Crippen LogP contribution in [0.2, 0.25) is 0 Å². The Kier molecular flexibility index (Phi) is 7.14. The number of para-hydroxylation sites is 1. The molecular formula is C21H22O5. The molecule has 0 saturated carbocycles. The van der Waals surface area contributed by atoms with E-state index in [2.05, 4.69) is 23.7 Å². The van der Waals surface area contributed by atoms with Gasteiger partial charge < -0.3 is 18.9 Å². The molecule has 1 aromatic carbocycles. The monoisotopic (exact) mass is 354 g/mol. The Labute approximate surface area is 154 Å². The molecule has 1 aliphatic carbocycles. The largest absolute Gasteiger partial charge is 0.493 e. The maximum Gasteiger partial charge on any atom is 0.258 e. The van der Waals surface area contributed by atoms with E-state index in [-0.39, 0.29) is 30.5 Å². The molecule has 0 amide bonds. The summed E-state index contributed by atoms with van der Waals surface area (Å²) in [5.74, 6) is 12.2. The van der Waals surface area contributed by atoms with E-state index in [4.69, 9.17) is 18.9 Å². The molecule has 0 aliphatic heterocycles. The van der Waals surface area contributed by atoms with Crippen molar-refractivity contribution < 1.29 is 23.7 Å². The highest BCUT2D eigenvalue weighted by atomic mass is 16.6. The second-order valence-corrected chi connectivity index (χ2v) is 5.37. The molecule has 1 aliphatic rings. The Morgan fingerprint density at radius 2 is 1.77 bits per heavy atom. The number of ether oxygens (including phenoxy) is 4. The smallest absolute Gasteiger partial charge is 0.258 e. The number of carbonyl (C=O) groups excluding carboxylic acids is 1. The highest BCUT2D eigenvalue weighted by Crippen LogP contribution is 2.38. The molecule has 5 nitrogen and oxygen atoms in total. The summed E-state index contributed by atoms with van der Waals surface area (Å²) < 4.78 is 21.6. The van der Waals surface area contributed by atoms with Crippen LogP contribution >= 0.6 is 0 Å². The van der Waals surface area contributed by atoms with E-state index in [0.717, 1.165) is 12.8 Å². The van der Waals surface area contributed by atoms with Crippen LogP contribution in [0, 0.1) is 23.7 Å². The fraction of sp³-hybridized carbons (Fsp3) is 0.381. The van der Waals surface area contributed by atoms with Gasteiger partial charge in [0.1, 0.15) is 19.0 Å². The molecule has 2 rings (SSSR count). The number of unbranched alkanes of at least 4 members (excludes halogenated alkanes) is 1. The normalized spacial score (nSPS) is 18.0. The van der Waals surface area contributed by atoms with Crippen molar-refractivity contribution in [3.05, 3.63) is 41.9 Å². The van der Waals surface area contributed by atoms with Crippen molar-refractivity contribution in [1.82, 2.24) is 0 Å². The summed E-state index contributed by atoms with van der Waals surface area (Å²) in [6.07, 6.45) is 1.74. The van der Waals surface area contributed by atoms with Crippen LogP contribution in [0.5, 0.6) is 5.75 Å². The summed E-state index contributed by atoms with van der Waals surface area (Å²) in [5, 5.41) is 0. The average Bonchev–Trinajstić information content (AvgIpc) is 2.67. The van der Waals surface area contributed by atoms with Crippen LogP contribution in [-0.2, 0) is 19.0 Å². The molecule has 0 N–H and O–H groups in total. The van der Waals surface area contributed by atoms with Gasteiger partial charge in [-0.1, -0.05) is 37.0 Å². The summed E-state index contributed by atoms with van der Waals surface area (Å²) in [6, 6.07) is 9.29. The molecule has 0 bridgehead atoms. The Morgan fingerprint density at radius 3 is 2.42 bits per heavy atom. The van der Waals surface area contributed by atoms with Gasteiger partial charge in [-0.15, -0.1) is 5.92 Å². The summed E-state index contributed by atoms with van der Waals surface area (Å²) in [6.45, 7) is 2.23. The predicted molar refractivity (Wildman–Crippen MR) is 97.1 cm³/mol. The highest BCUT2D eigenvalue weighted by Gasteiger charge is 2.58. The molecule has 0 fully saturated rings. The van der Waals surface area contributed by atoms with Crippen molar-refractivity contribution in [2.75, 3.05) is 27.4 Å². The number of ketones is 1. The van der Waals surface area contributed by atoms with Crippen LogP contribution in [0.3, 0.4) is 0 Å². The van der Waals surface area contributed by atoms with E-state index in [0.29, 0.717) is 5.75 Å². The zero-order chi connectivity index (χ0) is 18.8. The summed E-state index contributed by atoms with van der Waals surface area (Å²) in [4.78, 5) is 12.5. The maximum atomic E-state index is 12.5. The second kappa shape index (κ2) is 9.56. The van der Waals surface area contributed by atoms with Gasteiger partial charge in [-0.2, -0.15) is 0 Å². The maximum absolute atomic E-state index is 12.5. The molecule has 0 radical (unpaired) electrons. The highest BCUT2D eigenvalue weighted by molar-refractivity contribution is 6.12. The van der Waals surface area contributed by atoms with Crippen LogP contribution in [0.25, 0.3) is 0 Å². The van der Waals surface area contributed by atoms with E-state index >= 15 is 0 Å². The quantitative estimate of drug-likeness (QED) is 0.705. The van der Waals surface area contributed by atoms with Crippen LogP contribution in [-0.4, -0.2) is 38.8 Å². The first-order chi connectivity index (χ1) is 12.7. The number of carbonyl (C=O) groups is 1. The molecule has 0 aromatic heterocycles. The van der Waals surface area contributed by atoms with Crippen molar-refractivity contribution in [3.8, 4) is 29.4 Å². The molecule has 5 heteroatoms. The first-order valence-electron chi connectivity index (χ1n) is 8.34. The number of benzene rings is 1. The Morgan fingerprint density at radius 1 is 1.00 bits per heavy atom. The predicted octanol–water partition coefficient (Wildman–Crippen LogP) is 2.71. The van der Waals surface area contributed by atoms with Crippen LogP contribution in [0.1, 0.15) is 19.8 Å². The molecule has 1 atom stereocenters. The van der Waals surface area contributed by atoms with E-state index in [1.165, 1.54) is 14.2 Å². The van der Waals surface area contributed by atoms with Gasteiger partial charge in [0.2, 0.25) is 5.76 Å². The molecule has 0 spiro atoms. The molecule has 26 heavy (non-hydrogen) atoms. The van der Waals surface area contributed by atoms with Crippen LogP contribution < -0.4 is 4.74 Å². The van der Waals surface area contributed by atoms with Gasteiger partial charge in [-0.3, -0.25) is 4.79 Å². The summed E-state index contributed by atoms with van der Waals surface area (Å²) in [7, 11) is 2.85. The first-order valence-corrected chi connectivity index (χ1v) is 8.34. The fourth-order valence-electron chi connectivity index (χ4n) is 2.37. The van der Waals surface area contributed by atoms with E-state index in [1.54, 1.807) is 0 Å². The van der Waals surface area contributed by atoms with Gasteiger partial charge >= 0.3 is 0 Å². The van der Waals surface area contributed by atoms with Gasteiger partial charge in [-0.25, -0.2) is 0 Å². The molecule has 0 heterocycles. The molecule has 1 unspecified atom stereocenters. The van der Waals surface area contributed by atoms with Gasteiger partial charge in [0.05, 0.1) is 14.2 Å². The molecular weight excluding hydrogens is 332 g/mol. The van der Waals surface area contributed by atoms with Crippen molar-refractivity contribution >= 4 is 5.78 Å². The number of Topliss-reactive ketones (excluding diaryl/α,β-unsaturated/α-hetero) is 1. The minimum Gasteiger partial charge on any atom is -0.493 e.